The summed E-state index contributed by atoms with van der Waals surface area (Å²) in [5.41, 5.74) is 2.94. The van der Waals surface area contributed by atoms with Gasteiger partial charge < -0.3 is 9.30 Å². The van der Waals surface area contributed by atoms with E-state index in [1.165, 1.54) is 0 Å². The molecule has 0 amide bonds. The highest BCUT2D eigenvalue weighted by molar-refractivity contribution is 5.86. The Hall–Kier alpha value is -2.36. The fourth-order valence-electron chi connectivity index (χ4n) is 2.42. The second-order valence-electron chi connectivity index (χ2n) is 4.27. The molecule has 0 atom stereocenters. The Labute approximate surface area is 104 Å². The van der Waals surface area contributed by atoms with E-state index in [4.69, 9.17) is 4.74 Å². The van der Waals surface area contributed by atoms with Gasteiger partial charge in [0.05, 0.1) is 12.1 Å². The van der Waals surface area contributed by atoms with Crippen molar-refractivity contribution in [2.24, 2.45) is 0 Å². The summed E-state index contributed by atoms with van der Waals surface area (Å²) in [5.74, 6) is 1.83. The molecule has 0 radical (unpaired) electrons. The molecule has 0 spiro atoms. The van der Waals surface area contributed by atoms with E-state index in [1.807, 2.05) is 36.4 Å². The third-order valence-corrected chi connectivity index (χ3v) is 3.20. The van der Waals surface area contributed by atoms with Crippen molar-refractivity contribution in [1.29, 1.82) is 0 Å². The van der Waals surface area contributed by atoms with Crippen LogP contribution in [0.5, 0.6) is 5.75 Å². The van der Waals surface area contributed by atoms with Crippen LogP contribution in [0, 0.1) is 0 Å². The predicted octanol–water partition coefficient (Wildman–Crippen LogP) is 2.49. The van der Waals surface area contributed by atoms with Gasteiger partial charge in [0.15, 0.2) is 5.82 Å². The molecule has 0 aliphatic carbocycles. The van der Waals surface area contributed by atoms with Crippen LogP contribution in [0.15, 0.2) is 42.6 Å². The first-order valence-corrected chi connectivity index (χ1v) is 5.97. The van der Waals surface area contributed by atoms with E-state index in [9.17, 15) is 0 Å². The van der Waals surface area contributed by atoms with Gasteiger partial charge in [0, 0.05) is 6.20 Å². The summed E-state index contributed by atoms with van der Waals surface area (Å²) < 4.78 is 7.85. The molecule has 0 saturated heterocycles. The van der Waals surface area contributed by atoms with E-state index >= 15 is 0 Å². The number of hydrogen-bond donors (Lipinski definition) is 0. The Morgan fingerprint density at radius 2 is 2.11 bits per heavy atom. The minimum atomic E-state index is 0.683. The van der Waals surface area contributed by atoms with Crippen molar-refractivity contribution < 1.29 is 4.74 Å². The van der Waals surface area contributed by atoms with Crippen molar-refractivity contribution in [3.8, 4) is 17.3 Å². The molecule has 1 aliphatic heterocycles. The van der Waals surface area contributed by atoms with Crippen LogP contribution in [0.2, 0.25) is 0 Å². The van der Waals surface area contributed by atoms with Crippen LogP contribution in [-0.2, 0) is 6.54 Å². The van der Waals surface area contributed by atoms with Gasteiger partial charge in [-0.1, -0.05) is 12.1 Å². The molecule has 0 bridgehead atoms. The zero-order valence-corrected chi connectivity index (χ0v) is 9.71. The first kappa shape index (κ1) is 9.65. The van der Waals surface area contributed by atoms with Crippen LogP contribution in [0.25, 0.3) is 22.6 Å². The predicted molar refractivity (Wildman–Crippen MR) is 68.5 cm³/mol. The second kappa shape index (κ2) is 3.57. The maximum absolute atomic E-state index is 5.66. The summed E-state index contributed by atoms with van der Waals surface area (Å²) in [5, 5.41) is 0. The van der Waals surface area contributed by atoms with Gasteiger partial charge in [0.1, 0.15) is 23.6 Å². The number of benzene rings is 1. The molecular formula is C14H11N3O. The Kier molecular flexibility index (Phi) is 1.91. The summed E-state index contributed by atoms with van der Waals surface area (Å²) in [7, 11) is 0. The van der Waals surface area contributed by atoms with E-state index in [0.29, 0.717) is 6.61 Å². The molecule has 3 heterocycles. The lowest BCUT2D eigenvalue weighted by atomic mass is 10.2. The van der Waals surface area contributed by atoms with E-state index in [1.54, 1.807) is 6.20 Å². The van der Waals surface area contributed by atoms with Crippen molar-refractivity contribution in [2.75, 3.05) is 6.61 Å². The fourth-order valence-corrected chi connectivity index (χ4v) is 2.42. The van der Waals surface area contributed by atoms with Crippen molar-refractivity contribution in [2.45, 2.75) is 6.54 Å². The van der Waals surface area contributed by atoms with E-state index < -0.39 is 0 Å². The van der Waals surface area contributed by atoms with Gasteiger partial charge in [-0.05, 0) is 24.3 Å². The van der Waals surface area contributed by atoms with Gasteiger partial charge in [-0.15, -0.1) is 0 Å². The lowest BCUT2D eigenvalue weighted by molar-refractivity contribution is 0.287. The Balaban J connectivity index is 2.06. The van der Waals surface area contributed by atoms with Crippen LogP contribution >= 0.6 is 0 Å². The lowest BCUT2D eigenvalue weighted by Crippen LogP contribution is -2.14. The van der Waals surface area contributed by atoms with Crippen molar-refractivity contribution in [1.82, 2.24) is 14.5 Å². The molecule has 3 aromatic rings. The highest BCUT2D eigenvalue weighted by Crippen LogP contribution is 2.32. The normalized spacial score (nSPS) is 13.6. The monoisotopic (exact) mass is 237 g/mol. The van der Waals surface area contributed by atoms with Crippen molar-refractivity contribution in [3.63, 3.8) is 0 Å². The summed E-state index contributed by atoms with van der Waals surface area (Å²) in [6.07, 6.45) is 1.79. The van der Waals surface area contributed by atoms with Crippen molar-refractivity contribution >= 4 is 11.0 Å². The van der Waals surface area contributed by atoms with E-state index in [0.717, 1.165) is 34.8 Å². The third-order valence-electron chi connectivity index (χ3n) is 3.20. The zero-order valence-electron chi connectivity index (χ0n) is 9.71. The van der Waals surface area contributed by atoms with Gasteiger partial charge in [0.2, 0.25) is 0 Å². The van der Waals surface area contributed by atoms with Crippen LogP contribution in [-0.4, -0.2) is 21.1 Å². The smallest absolute Gasteiger partial charge is 0.160 e. The van der Waals surface area contributed by atoms with Crippen LogP contribution in [0.3, 0.4) is 0 Å². The average Bonchev–Trinajstić information content (AvgIpc) is 2.82. The molecule has 4 nitrogen and oxygen atoms in total. The SMILES string of the molecule is c1ccc(-c2nc3cccc4c3n2CCO4)nc1. The maximum atomic E-state index is 5.66. The minimum absolute atomic E-state index is 0.683. The minimum Gasteiger partial charge on any atom is -0.489 e. The maximum Gasteiger partial charge on any atom is 0.160 e. The van der Waals surface area contributed by atoms with Gasteiger partial charge in [-0.3, -0.25) is 4.98 Å². The number of para-hydroxylation sites is 1. The fraction of sp³-hybridized carbons (Fsp3) is 0.143. The molecule has 1 aliphatic rings. The number of imidazole rings is 1. The highest BCUT2D eigenvalue weighted by atomic mass is 16.5. The van der Waals surface area contributed by atoms with Crippen molar-refractivity contribution in [3.05, 3.63) is 42.6 Å². The van der Waals surface area contributed by atoms with Gasteiger partial charge in [0.25, 0.3) is 0 Å². The number of ether oxygens (including phenoxy) is 1. The number of pyridine rings is 1. The molecule has 1 aromatic carbocycles. The van der Waals surface area contributed by atoms with E-state index in [-0.39, 0.29) is 0 Å². The summed E-state index contributed by atoms with van der Waals surface area (Å²) in [6.45, 7) is 1.50. The topological polar surface area (TPSA) is 39.9 Å². The number of rotatable bonds is 1. The average molecular weight is 237 g/mol. The summed E-state index contributed by atoms with van der Waals surface area (Å²) >= 11 is 0. The molecule has 0 N–H and O–H groups in total. The second-order valence-corrected chi connectivity index (χ2v) is 4.27. The largest absolute Gasteiger partial charge is 0.489 e. The number of hydrogen-bond acceptors (Lipinski definition) is 3. The standard InChI is InChI=1S/C14H11N3O/c1-2-7-15-11(4-1)14-16-10-5-3-6-12-13(10)17(14)8-9-18-12/h1-7H,8-9H2. The number of aromatic nitrogens is 3. The van der Waals surface area contributed by atoms with Crippen LogP contribution in [0.4, 0.5) is 0 Å². The summed E-state index contributed by atoms with van der Waals surface area (Å²) in [4.78, 5) is 9.06. The number of nitrogens with zero attached hydrogens (tertiary/aromatic N) is 3. The first-order chi connectivity index (χ1) is 8.93. The van der Waals surface area contributed by atoms with Gasteiger partial charge in [-0.2, -0.15) is 0 Å². The molecule has 4 rings (SSSR count). The molecule has 0 unspecified atom stereocenters. The van der Waals surface area contributed by atoms with Crippen LogP contribution < -0.4 is 4.74 Å². The first-order valence-electron chi connectivity index (χ1n) is 5.97. The molecule has 2 aromatic heterocycles. The third kappa shape index (κ3) is 1.26. The van der Waals surface area contributed by atoms with Crippen LogP contribution in [0.1, 0.15) is 0 Å². The quantitative estimate of drug-likeness (QED) is 0.652. The molecular weight excluding hydrogens is 226 g/mol. The molecule has 4 heteroatoms. The zero-order chi connectivity index (χ0) is 11.9. The highest BCUT2D eigenvalue weighted by Gasteiger charge is 2.19. The Bertz CT molecular complexity index is 718. The summed E-state index contributed by atoms with van der Waals surface area (Å²) in [6, 6.07) is 11.9. The van der Waals surface area contributed by atoms with Gasteiger partial charge in [-0.25, -0.2) is 4.98 Å². The Morgan fingerprint density at radius 3 is 3.00 bits per heavy atom. The lowest BCUT2D eigenvalue weighted by Gasteiger charge is -2.17. The van der Waals surface area contributed by atoms with E-state index in [2.05, 4.69) is 14.5 Å². The Morgan fingerprint density at radius 1 is 1.11 bits per heavy atom. The molecule has 18 heavy (non-hydrogen) atoms. The molecule has 0 saturated carbocycles. The van der Waals surface area contributed by atoms with Gasteiger partial charge >= 0.3 is 0 Å². The molecule has 88 valence electrons. The molecule has 0 fully saturated rings.